The number of carbonyl (C=O) groups excluding carboxylic acids is 1. The first-order valence-corrected chi connectivity index (χ1v) is 10.2. The molecule has 2 fully saturated rings. The lowest BCUT2D eigenvalue weighted by Crippen LogP contribution is -2.36. The first kappa shape index (κ1) is 17.7. The van der Waals surface area contributed by atoms with Crippen molar-refractivity contribution < 1.29 is 14.3 Å². The molecule has 5 heteroatoms. The van der Waals surface area contributed by atoms with Crippen LogP contribution in [-0.4, -0.2) is 55.1 Å². The average molecular weight is 358 g/mol. The second-order valence-corrected chi connectivity index (χ2v) is 7.85. The van der Waals surface area contributed by atoms with Gasteiger partial charge in [-0.25, -0.2) is 0 Å². The molecule has 4 rings (SSSR count). The molecule has 3 aliphatic rings. The van der Waals surface area contributed by atoms with Crippen molar-refractivity contribution in [3.63, 3.8) is 0 Å². The third-order valence-electron chi connectivity index (χ3n) is 5.84. The highest BCUT2D eigenvalue weighted by Crippen LogP contribution is 2.32. The monoisotopic (exact) mass is 358 g/mol. The fourth-order valence-electron chi connectivity index (χ4n) is 4.43. The SMILES string of the molecule is O=C(CC[C@H]1CCCN(Cc2ccc3c(c2)OCCO3)C1)N1CCCC1. The molecule has 0 bridgehead atoms. The van der Waals surface area contributed by atoms with Gasteiger partial charge in [0.1, 0.15) is 13.2 Å². The van der Waals surface area contributed by atoms with Crippen LogP contribution in [-0.2, 0) is 11.3 Å². The summed E-state index contributed by atoms with van der Waals surface area (Å²) in [6, 6.07) is 6.29. The Kier molecular flexibility index (Phi) is 5.63. The van der Waals surface area contributed by atoms with Crippen LogP contribution in [0.3, 0.4) is 0 Å². The number of piperidine rings is 1. The number of rotatable bonds is 5. The Bertz CT molecular complexity index is 628. The lowest BCUT2D eigenvalue weighted by molar-refractivity contribution is -0.130. The topological polar surface area (TPSA) is 42.0 Å². The van der Waals surface area contributed by atoms with E-state index in [-0.39, 0.29) is 0 Å². The van der Waals surface area contributed by atoms with Gasteiger partial charge in [-0.2, -0.15) is 0 Å². The summed E-state index contributed by atoms with van der Waals surface area (Å²) in [6.07, 6.45) is 6.60. The van der Waals surface area contributed by atoms with E-state index >= 15 is 0 Å². The third-order valence-corrected chi connectivity index (χ3v) is 5.84. The number of amides is 1. The highest BCUT2D eigenvalue weighted by atomic mass is 16.6. The molecule has 5 nitrogen and oxygen atoms in total. The van der Waals surface area contributed by atoms with E-state index in [0.717, 1.165) is 57.1 Å². The number of benzene rings is 1. The molecular formula is C21H30N2O3. The van der Waals surface area contributed by atoms with Crippen LogP contribution in [0, 0.1) is 5.92 Å². The highest BCUT2D eigenvalue weighted by molar-refractivity contribution is 5.76. The molecule has 0 aliphatic carbocycles. The smallest absolute Gasteiger partial charge is 0.222 e. The van der Waals surface area contributed by atoms with E-state index in [9.17, 15) is 4.79 Å². The molecule has 2 saturated heterocycles. The normalized spacial score (nSPS) is 23.2. The van der Waals surface area contributed by atoms with Crippen LogP contribution in [0.1, 0.15) is 44.1 Å². The first-order chi connectivity index (χ1) is 12.8. The largest absolute Gasteiger partial charge is 0.486 e. The van der Waals surface area contributed by atoms with E-state index in [1.165, 1.54) is 31.2 Å². The highest BCUT2D eigenvalue weighted by Gasteiger charge is 2.23. The average Bonchev–Trinajstić information content (AvgIpc) is 3.21. The van der Waals surface area contributed by atoms with Crippen LogP contribution in [0.2, 0.25) is 0 Å². The van der Waals surface area contributed by atoms with Crippen LogP contribution in [0.4, 0.5) is 0 Å². The van der Waals surface area contributed by atoms with Crippen molar-refractivity contribution in [3.05, 3.63) is 23.8 Å². The van der Waals surface area contributed by atoms with Gasteiger partial charge in [-0.1, -0.05) is 6.07 Å². The lowest BCUT2D eigenvalue weighted by Gasteiger charge is -2.33. The van der Waals surface area contributed by atoms with Gasteiger partial charge in [0, 0.05) is 32.6 Å². The molecule has 1 amide bonds. The van der Waals surface area contributed by atoms with Crippen LogP contribution >= 0.6 is 0 Å². The molecule has 0 radical (unpaired) electrons. The van der Waals surface area contributed by atoms with Gasteiger partial charge >= 0.3 is 0 Å². The zero-order valence-corrected chi connectivity index (χ0v) is 15.6. The Balaban J connectivity index is 1.27. The molecule has 1 atom stereocenters. The predicted octanol–water partition coefficient (Wildman–Crippen LogP) is 3.07. The Hall–Kier alpha value is -1.75. The van der Waals surface area contributed by atoms with Gasteiger partial charge in [-0.05, 0) is 62.3 Å². The van der Waals surface area contributed by atoms with E-state index in [2.05, 4.69) is 21.9 Å². The maximum atomic E-state index is 12.3. The van der Waals surface area contributed by atoms with E-state index < -0.39 is 0 Å². The fourth-order valence-corrected chi connectivity index (χ4v) is 4.43. The van der Waals surface area contributed by atoms with Gasteiger partial charge in [0.15, 0.2) is 11.5 Å². The number of hydrogen-bond acceptors (Lipinski definition) is 4. The van der Waals surface area contributed by atoms with Crippen molar-refractivity contribution in [3.8, 4) is 11.5 Å². The summed E-state index contributed by atoms with van der Waals surface area (Å²) in [6.45, 7) is 6.41. The van der Waals surface area contributed by atoms with Crippen LogP contribution in [0.5, 0.6) is 11.5 Å². The maximum absolute atomic E-state index is 12.3. The minimum Gasteiger partial charge on any atom is -0.486 e. The third kappa shape index (κ3) is 4.32. The van der Waals surface area contributed by atoms with Crippen molar-refractivity contribution in [1.82, 2.24) is 9.80 Å². The summed E-state index contributed by atoms with van der Waals surface area (Å²) in [5.41, 5.74) is 1.28. The van der Waals surface area contributed by atoms with Crippen LogP contribution < -0.4 is 9.47 Å². The van der Waals surface area contributed by atoms with Gasteiger partial charge in [0.2, 0.25) is 5.91 Å². The molecule has 0 spiro atoms. The van der Waals surface area contributed by atoms with E-state index in [1.807, 2.05) is 6.07 Å². The van der Waals surface area contributed by atoms with E-state index in [1.54, 1.807) is 0 Å². The zero-order valence-electron chi connectivity index (χ0n) is 15.6. The molecule has 0 unspecified atom stereocenters. The van der Waals surface area contributed by atoms with Gasteiger partial charge < -0.3 is 14.4 Å². The van der Waals surface area contributed by atoms with Gasteiger partial charge in [-0.15, -0.1) is 0 Å². The number of carbonyl (C=O) groups is 1. The second-order valence-electron chi connectivity index (χ2n) is 7.85. The molecule has 3 heterocycles. The Morgan fingerprint density at radius 3 is 2.69 bits per heavy atom. The Morgan fingerprint density at radius 2 is 1.85 bits per heavy atom. The quantitative estimate of drug-likeness (QED) is 0.811. The summed E-state index contributed by atoms with van der Waals surface area (Å²) < 4.78 is 11.3. The Morgan fingerprint density at radius 1 is 1.04 bits per heavy atom. The van der Waals surface area contributed by atoms with Crippen LogP contribution in [0.25, 0.3) is 0 Å². The molecule has 3 aliphatic heterocycles. The molecular weight excluding hydrogens is 328 g/mol. The van der Waals surface area contributed by atoms with Crippen molar-refractivity contribution >= 4 is 5.91 Å². The van der Waals surface area contributed by atoms with E-state index in [0.29, 0.717) is 25.0 Å². The Labute approximate surface area is 156 Å². The molecule has 1 aromatic rings. The van der Waals surface area contributed by atoms with Crippen molar-refractivity contribution in [1.29, 1.82) is 0 Å². The van der Waals surface area contributed by atoms with Gasteiger partial charge in [0.05, 0.1) is 0 Å². The van der Waals surface area contributed by atoms with E-state index in [4.69, 9.17) is 9.47 Å². The summed E-state index contributed by atoms with van der Waals surface area (Å²) in [4.78, 5) is 16.9. The molecule has 26 heavy (non-hydrogen) atoms. The van der Waals surface area contributed by atoms with Crippen LogP contribution in [0.15, 0.2) is 18.2 Å². The van der Waals surface area contributed by atoms with Gasteiger partial charge in [0.25, 0.3) is 0 Å². The van der Waals surface area contributed by atoms with Crippen molar-refractivity contribution in [2.24, 2.45) is 5.92 Å². The lowest BCUT2D eigenvalue weighted by atomic mass is 9.93. The minimum absolute atomic E-state index is 0.367. The van der Waals surface area contributed by atoms with Crippen molar-refractivity contribution in [2.45, 2.75) is 45.1 Å². The van der Waals surface area contributed by atoms with Gasteiger partial charge in [-0.3, -0.25) is 9.69 Å². The zero-order chi connectivity index (χ0) is 17.8. The molecule has 142 valence electrons. The first-order valence-electron chi connectivity index (χ1n) is 10.2. The number of hydrogen-bond donors (Lipinski definition) is 0. The molecule has 1 aromatic carbocycles. The summed E-state index contributed by atoms with van der Waals surface area (Å²) in [7, 11) is 0. The number of nitrogens with zero attached hydrogens (tertiary/aromatic N) is 2. The number of likely N-dealkylation sites (tertiary alicyclic amines) is 2. The predicted molar refractivity (Wildman–Crippen MR) is 100 cm³/mol. The number of ether oxygens (including phenoxy) is 2. The number of fused-ring (bicyclic) bond motifs is 1. The summed E-state index contributed by atoms with van der Waals surface area (Å²) >= 11 is 0. The minimum atomic E-state index is 0.367. The fraction of sp³-hybridized carbons (Fsp3) is 0.667. The molecule has 0 aromatic heterocycles. The molecule has 0 saturated carbocycles. The summed E-state index contributed by atoms with van der Waals surface area (Å²) in [5, 5.41) is 0. The standard InChI is InChI=1S/C21H30N2O3/c24-21(23-10-1-2-11-23)8-6-17-4-3-9-22(15-17)16-18-5-7-19-20(14-18)26-13-12-25-19/h5,7,14,17H,1-4,6,8-13,15-16H2/t17-/m1/s1. The summed E-state index contributed by atoms with van der Waals surface area (Å²) in [5.74, 6) is 2.74. The maximum Gasteiger partial charge on any atom is 0.222 e. The second kappa shape index (κ2) is 8.30. The van der Waals surface area contributed by atoms with Crippen molar-refractivity contribution in [2.75, 3.05) is 39.4 Å². The molecule has 0 N–H and O–H groups in total.